The molecule has 0 saturated heterocycles. The minimum Gasteiger partial charge on any atom is -0.426 e. The molecule has 1 aliphatic carbocycles. The summed E-state index contributed by atoms with van der Waals surface area (Å²) in [4.78, 5) is 11.6. The molecule has 7 heteroatoms. The SMILES string of the molecule is O=C(Oc1ccc(OC(F)(F)F)c(CF)c1)C1CCC1. The highest BCUT2D eigenvalue weighted by atomic mass is 19.4. The molecule has 0 aliphatic heterocycles. The van der Waals surface area contributed by atoms with Crippen LogP contribution in [0, 0.1) is 5.92 Å². The first-order valence-corrected chi connectivity index (χ1v) is 6.05. The van der Waals surface area contributed by atoms with Gasteiger partial charge in [-0.25, -0.2) is 4.39 Å². The van der Waals surface area contributed by atoms with Crippen molar-refractivity contribution in [2.45, 2.75) is 32.3 Å². The summed E-state index contributed by atoms with van der Waals surface area (Å²) in [7, 11) is 0. The Hall–Kier alpha value is -1.79. The molecule has 2 rings (SSSR count). The number of esters is 1. The Bertz CT molecular complexity index is 495. The standard InChI is InChI=1S/C13H12F4O3/c14-7-9-6-10(19-12(18)8-2-1-3-8)4-5-11(9)20-13(15,16)17/h4-6,8H,1-3,7H2. The Balaban J connectivity index is 2.10. The average Bonchev–Trinajstić information content (AvgIpc) is 2.26. The molecule has 1 saturated carbocycles. The number of ether oxygens (including phenoxy) is 2. The summed E-state index contributed by atoms with van der Waals surface area (Å²) in [6.07, 6.45) is -2.46. The Morgan fingerprint density at radius 2 is 2.00 bits per heavy atom. The molecule has 0 spiro atoms. The largest absolute Gasteiger partial charge is 0.573 e. The fraction of sp³-hybridized carbons (Fsp3) is 0.462. The van der Waals surface area contributed by atoms with Crippen molar-refractivity contribution in [3.63, 3.8) is 0 Å². The van der Waals surface area contributed by atoms with Gasteiger partial charge in [0.25, 0.3) is 0 Å². The Labute approximate surface area is 112 Å². The van der Waals surface area contributed by atoms with Gasteiger partial charge in [-0.15, -0.1) is 13.2 Å². The summed E-state index contributed by atoms with van der Waals surface area (Å²) in [5, 5.41) is 0. The van der Waals surface area contributed by atoms with Gasteiger partial charge < -0.3 is 9.47 Å². The van der Waals surface area contributed by atoms with Crippen molar-refractivity contribution in [2.24, 2.45) is 5.92 Å². The molecule has 110 valence electrons. The van der Waals surface area contributed by atoms with E-state index in [1.54, 1.807) is 0 Å². The van der Waals surface area contributed by atoms with Gasteiger partial charge in [-0.2, -0.15) is 0 Å². The Morgan fingerprint density at radius 1 is 1.30 bits per heavy atom. The van der Waals surface area contributed by atoms with Crippen molar-refractivity contribution >= 4 is 5.97 Å². The maximum absolute atomic E-state index is 12.7. The molecule has 0 bridgehead atoms. The smallest absolute Gasteiger partial charge is 0.426 e. The van der Waals surface area contributed by atoms with Crippen molar-refractivity contribution in [1.82, 2.24) is 0 Å². The highest BCUT2D eigenvalue weighted by Crippen LogP contribution is 2.32. The molecule has 3 nitrogen and oxygen atoms in total. The summed E-state index contributed by atoms with van der Waals surface area (Å²) in [6.45, 7) is -1.15. The molecule has 0 amide bonds. The van der Waals surface area contributed by atoms with E-state index in [1.165, 1.54) is 0 Å². The lowest BCUT2D eigenvalue weighted by molar-refractivity contribution is -0.275. The van der Waals surface area contributed by atoms with Gasteiger partial charge in [0, 0.05) is 5.56 Å². The predicted molar refractivity (Wildman–Crippen MR) is 60.9 cm³/mol. The van der Waals surface area contributed by atoms with Crippen LogP contribution in [0.5, 0.6) is 11.5 Å². The van der Waals surface area contributed by atoms with Crippen LogP contribution in [0.25, 0.3) is 0 Å². The quantitative estimate of drug-likeness (QED) is 0.481. The normalized spacial score (nSPS) is 15.6. The van der Waals surface area contributed by atoms with Gasteiger partial charge in [0.05, 0.1) is 5.92 Å². The monoisotopic (exact) mass is 292 g/mol. The van der Waals surface area contributed by atoms with Gasteiger partial charge in [-0.3, -0.25) is 4.79 Å². The number of rotatable bonds is 4. The van der Waals surface area contributed by atoms with E-state index in [0.29, 0.717) is 0 Å². The van der Waals surface area contributed by atoms with Gasteiger partial charge in [0.15, 0.2) is 0 Å². The van der Waals surface area contributed by atoms with Crippen LogP contribution in [0.4, 0.5) is 17.6 Å². The van der Waals surface area contributed by atoms with E-state index in [1.807, 2.05) is 0 Å². The summed E-state index contributed by atoms with van der Waals surface area (Å²) in [5.41, 5.74) is -0.318. The lowest BCUT2D eigenvalue weighted by Gasteiger charge is -2.23. The number of carbonyl (C=O) groups is 1. The van der Waals surface area contributed by atoms with E-state index < -0.39 is 24.8 Å². The molecule has 1 aliphatic rings. The Kier molecular flexibility index (Phi) is 4.15. The number of benzene rings is 1. The van der Waals surface area contributed by atoms with E-state index in [-0.39, 0.29) is 17.2 Å². The highest BCUT2D eigenvalue weighted by Gasteiger charge is 2.32. The summed E-state index contributed by atoms with van der Waals surface area (Å²) in [6, 6.07) is 3.13. The van der Waals surface area contributed by atoms with Crippen LogP contribution in [0.15, 0.2) is 18.2 Å². The van der Waals surface area contributed by atoms with Crippen molar-refractivity contribution < 1.29 is 31.8 Å². The molecular weight excluding hydrogens is 280 g/mol. The Morgan fingerprint density at radius 3 is 2.50 bits per heavy atom. The molecule has 0 N–H and O–H groups in total. The first-order chi connectivity index (χ1) is 9.39. The summed E-state index contributed by atoms with van der Waals surface area (Å²) >= 11 is 0. The van der Waals surface area contributed by atoms with E-state index in [4.69, 9.17) is 4.74 Å². The topological polar surface area (TPSA) is 35.5 Å². The molecule has 1 fully saturated rings. The minimum absolute atomic E-state index is 0.0177. The van der Waals surface area contributed by atoms with E-state index in [2.05, 4.69) is 4.74 Å². The van der Waals surface area contributed by atoms with Crippen molar-refractivity contribution in [1.29, 1.82) is 0 Å². The van der Waals surface area contributed by atoms with Crippen LogP contribution in [-0.4, -0.2) is 12.3 Å². The lowest BCUT2D eigenvalue weighted by Crippen LogP contribution is -2.26. The first-order valence-electron chi connectivity index (χ1n) is 6.05. The maximum Gasteiger partial charge on any atom is 0.573 e. The second-order valence-electron chi connectivity index (χ2n) is 4.50. The molecule has 20 heavy (non-hydrogen) atoms. The zero-order chi connectivity index (χ0) is 14.8. The van der Waals surface area contributed by atoms with Crippen molar-refractivity contribution in [3.8, 4) is 11.5 Å². The van der Waals surface area contributed by atoms with Gasteiger partial charge in [-0.05, 0) is 31.0 Å². The van der Waals surface area contributed by atoms with Crippen LogP contribution in [0.2, 0.25) is 0 Å². The fourth-order valence-corrected chi connectivity index (χ4v) is 1.79. The third-order valence-corrected chi connectivity index (χ3v) is 3.06. The van der Waals surface area contributed by atoms with E-state index >= 15 is 0 Å². The maximum atomic E-state index is 12.7. The molecular formula is C13H12F4O3. The number of hydrogen-bond donors (Lipinski definition) is 0. The average molecular weight is 292 g/mol. The molecule has 0 atom stereocenters. The number of hydrogen-bond acceptors (Lipinski definition) is 3. The van der Waals surface area contributed by atoms with Crippen LogP contribution in [0.3, 0.4) is 0 Å². The van der Waals surface area contributed by atoms with Crippen LogP contribution in [0.1, 0.15) is 24.8 Å². The van der Waals surface area contributed by atoms with Crippen LogP contribution >= 0.6 is 0 Å². The van der Waals surface area contributed by atoms with E-state index in [0.717, 1.165) is 37.5 Å². The zero-order valence-electron chi connectivity index (χ0n) is 10.4. The van der Waals surface area contributed by atoms with Gasteiger partial charge >= 0.3 is 12.3 Å². The third kappa shape index (κ3) is 3.61. The minimum atomic E-state index is -4.89. The lowest BCUT2D eigenvalue weighted by atomic mass is 9.86. The third-order valence-electron chi connectivity index (χ3n) is 3.06. The summed E-state index contributed by atoms with van der Waals surface area (Å²) in [5.74, 6) is -1.23. The van der Waals surface area contributed by atoms with Gasteiger partial charge in [0.2, 0.25) is 0 Å². The summed E-state index contributed by atoms with van der Waals surface area (Å²) < 4.78 is 57.7. The van der Waals surface area contributed by atoms with E-state index in [9.17, 15) is 22.4 Å². The number of halogens is 4. The van der Waals surface area contributed by atoms with Crippen molar-refractivity contribution in [3.05, 3.63) is 23.8 Å². The molecule has 1 aromatic carbocycles. The number of alkyl halides is 4. The molecule has 0 aromatic heterocycles. The molecule has 0 heterocycles. The van der Waals surface area contributed by atoms with Crippen molar-refractivity contribution in [2.75, 3.05) is 0 Å². The van der Waals surface area contributed by atoms with Crippen LogP contribution < -0.4 is 9.47 Å². The van der Waals surface area contributed by atoms with Crippen LogP contribution in [-0.2, 0) is 11.5 Å². The fourth-order valence-electron chi connectivity index (χ4n) is 1.79. The molecule has 1 aromatic rings. The highest BCUT2D eigenvalue weighted by molar-refractivity contribution is 5.76. The second kappa shape index (κ2) is 5.68. The second-order valence-corrected chi connectivity index (χ2v) is 4.50. The first kappa shape index (κ1) is 14.6. The predicted octanol–water partition coefficient (Wildman–Crippen LogP) is 3.76. The van der Waals surface area contributed by atoms with Gasteiger partial charge in [0.1, 0.15) is 18.2 Å². The molecule has 0 radical (unpaired) electrons. The zero-order valence-corrected chi connectivity index (χ0v) is 10.4. The molecule has 0 unspecified atom stereocenters. The number of carbonyl (C=O) groups excluding carboxylic acids is 1. The van der Waals surface area contributed by atoms with Gasteiger partial charge in [-0.1, -0.05) is 6.42 Å².